The van der Waals surface area contributed by atoms with E-state index in [2.05, 4.69) is 20.5 Å². The minimum atomic E-state index is -4.22. The predicted octanol–water partition coefficient (Wildman–Crippen LogP) is 4.38. The number of carbonyl (C=O) groups excluding carboxylic acids is 5. The van der Waals surface area contributed by atoms with Crippen LogP contribution in [0, 0.1) is 0 Å². The highest BCUT2D eigenvalue weighted by atomic mass is 31.2. The Kier molecular flexibility index (Phi) is 17.2. The SMILES string of the molecule is CCCCOC(=O)N1CCN(C(=O)[C@H](CP(=O)(N[C@@H](C)C(=O)OC(C)(C)C)N[C@@H](C)C(=O)OC(C)(C)C)NC(=O)c2cc(N3CC[C@H](OC)C3)nc(-c3ccccc3)n2)CC1. The first-order valence-electron chi connectivity index (χ1n) is 20.9. The Morgan fingerprint density at radius 3 is 1.95 bits per heavy atom. The Balaban J connectivity index is 1.73. The van der Waals surface area contributed by atoms with Crippen molar-refractivity contribution in [3.05, 3.63) is 42.1 Å². The van der Waals surface area contributed by atoms with Gasteiger partial charge in [0.1, 0.15) is 40.8 Å². The summed E-state index contributed by atoms with van der Waals surface area (Å²) in [6.07, 6.45) is 1.22. The number of amides is 3. The molecule has 0 aliphatic carbocycles. The van der Waals surface area contributed by atoms with Crippen LogP contribution >= 0.6 is 7.44 Å². The Hall–Kier alpha value is -4.64. The van der Waals surface area contributed by atoms with Crippen LogP contribution in [0.4, 0.5) is 10.6 Å². The van der Waals surface area contributed by atoms with Gasteiger partial charge in [-0.1, -0.05) is 43.7 Å². The van der Waals surface area contributed by atoms with Crippen molar-refractivity contribution in [1.82, 2.24) is 35.3 Å². The molecule has 338 valence electrons. The first-order valence-corrected chi connectivity index (χ1v) is 22.8. The summed E-state index contributed by atoms with van der Waals surface area (Å²) in [5.74, 6) is -2.06. The average Bonchev–Trinajstić information content (AvgIpc) is 3.69. The highest BCUT2D eigenvalue weighted by Gasteiger charge is 2.40. The van der Waals surface area contributed by atoms with Crippen LogP contribution in [-0.4, -0.2) is 144 Å². The Morgan fingerprint density at radius 2 is 1.43 bits per heavy atom. The molecule has 1 aromatic carbocycles. The molecular formula is C42H65N8O10P. The number of anilines is 1. The fourth-order valence-corrected chi connectivity index (χ4v) is 9.12. The zero-order valence-electron chi connectivity index (χ0n) is 37.3. The van der Waals surface area contributed by atoms with Gasteiger partial charge in [0.2, 0.25) is 13.4 Å². The third kappa shape index (κ3) is 15.0. The highest BCUT2D eigenvalue weighted by Crippen LogP contribution is 2.39. The van der Waals surface area contributed by atoms with Crippen molar-refractivity contribution in [1.29, 1.82) is 0 Å². The summed E-state index contributed by atoms with van der Waals surface area (Å²) >= 11 is 0. The van der Waals surface area contributed by atoms with E-state index < -0.39 is 72.8 Å². The number of benzene rings is 1. The second-order valence-electron chi connectivity index (χ2n) is 17.4. The molecule has 3 amide bonds. The maximum absolute atomic E-state index is 15.2. The van der Waals surface area contributed by atoms with Gasteiger partial charge in [0.15, 0.2) is 5.82 Å². The third-order valence-electron chi connectivity index (χ3n) is 9.72. The van der Waals surface area contributed by atoms with Crippen LogP contribution in [0.1, 0.15) is 92.1 Å². The smallest absolute Gasteiger partial charge is 0.409 e. The second kappa shape index (κ2) is 21.4. The van der Waals surface area contributed by atoms with Gasteiger partial charge < -0.3 is 39.0 Å². The number of ether oxygens (including phenoxy) is 4. The molecule has 0 bridgehead atoms. The minimum absolute atomic E-state index is 0.0339. The minimum Gasteiger partial charge on any atom is -0.459 e. The van der Waals surface area contributed by atoms with E-state index in [0.717, 1.165) is 19.3 Å². The van der Waals surface area contributed by atoms with E-state index >= 15 is 4.57 Å². The van der Waals surface area contributed by atoms with Gasteiger partial charge in [-0.2, -0.15) is 0 Å². The topological polar surface area (TPSA) is 211 Å². The number of methoxy groups -OCH3 is 1. The normalized spacial score (nSPS) is 17.6. The fourth-order valence-electron chi connectivity index (χ4n) is 6.61. The predicted molar refractivity (Wildman–Crippen MR) is 230 cm³/mol. The Morgan fingerprint density at radius 1 is 0.852 bits per heavy atom. The van der Waals surface area contributed by atoms with Gasteiger partial charge in [0, 0.05) is 58.0 Å². The van der Waals surface area contributed by atoms with Crippen molar-refractivity contribution in [2.45, 2.75) is 117 Å². The summed E-state index contributed by atoms with van der Waals surface area (Å²) in [6, 6.07) is 6.81. The average molecular weight is 873 g/mol. The molecule has 2 aliphatic heterocycles. The van der Waals surface area contributed by atoms with Gasteiger partial charge in [0.05, 0.1) is 18.9 Å². The van der Waals surface area contributed by atoms with Crippen molar-refractivity contribution in [2.75, 3.05) is 64.0 Å². The maximum Gasteiger partial charge on any atom is 0.409 e. The second-order valence-corrected chi connectivity index (χ2v) is 19.8. The molecule has 1 aromatic heterocycles. The van der Waals surface area contributed by atoms with Crippen molar-refractivity contribution in [2.24, 2.45) is 0 Å². The molecule has 2 fully saturated rings. The number of unbranched alkanes of at least 4 members (excludes halogenated alkanes) is 1. The number of carbonyl (C=O) groups is 5. The maximum atomic E-state index is 15.2. The van der Waals surface area contributed by atoms with Crippen molar-refractivity contribution in [3.8, 4) is 11.4 Å². The third-order valence-corrected chi connectivity index (χ3v) is 12.2. The molecule has 18 nitrogen and oxygen atoms in total. The molecule has 2 aromatic rings. The van der Waals surface area contributed by atoms with E-state index in [1.54, 1.807) is 48.7 Å². The van der Waals surface area contributed by atoms with E-state index in [-0.39, 0.29) is 50.4 Å². The standard InChI is InChI=1S/C42H65N8O10P/c1-11-12-24-58-40(55)49-22-20-48(21-23-49)37(52)33(27-61(56,46-28(2)38(53)59-41(4,5)6)47-29(3)39(54)60-42(7,8)9)44-36(51)32-25-34(50-19-18-31(26-50)57-10)45-35(43-32)30-16-14-13-15-17-30/h13-17,25,28-29,31,33H,11-12,18-24,26-27H2,1-10H3,(H,44,51)(H2,46,47,56)/t28-,29-,31-,33-/m0/s1. The zero-order chi connectivity index (χ0) is 45.1. The number of nitrogens with zero attached hydrogens (tertiary/aromatic N) is 5. The lowest BCUT2D eigenvalue weighted by Gasteiger charge is -2.37. The van der Waals surface area contributed by atoms with E-state index in [1.165, 1.54) is 29.7 Å². The first-order chi connectivity index (χ1) is 28.6. The number of piperazine rings is 1. The first kappa shape index (κ1) is 49.0. The van der Waals surface area contributed by atoms with Crippen molar-refractivity contribution >= 4 is 43.1 Å². The van der Waals surface area contributed by atoms with E-state index in [4.69, 9.17) is 23.9 Å². The van der Waals surface area contributed by atoms with Crippen LogP contribution < -0.4 is 20.4 Å². The Labute approximate surface area is 359 Å². The van der Waals surface area contributed by atoms with Crippen LogP contribution in [0.5, 0.6) is 0 Å². The molecule has 0 saturated carbocycles. The molecule has 61 heavy (non-hydrogen) atoms. The number of esters is 2. The monoisotopic (exact) mass is 872 g/mol. The number of hydrogen-bond donors (Lipinski definition) is 3. The zero-order valence-corrected chi connectivity index (χ0v) is 38.2. The van der Waals surface area contributed by atoms with Crippen LogP contribution in [-0.2, 0) is 37.9 Å². The summed E-state index contributed by atoms with van der Waals surface area (Å²) in [5.41, 5.74) is -1.15. The summed E-state index contributed by atoms with van der Waals surface area (Å²) in [6.45, 7) is 17.0. The van der Waals surface area contributed by atoms with Gasteiger partial charge in [-0.15, -0.1) is 0 Å². The van der Waals surface area contributed by atoms with Crippen LogP contribution in [0.15, 0.2) is 36.4 Å². The quantitative estimate of drug-likeness (QED) is 0.0872. The van der Waals surface area contributed by atoms with Gasteiger partial charge in [0.25, 0.3) is 5.91 Å². The molecule has 4 atom stereocenters. The lowest BCUT2D eigenvalue weighted by atomic mass is 10.2. The van der Waals surface area contributed by atoms with Crippen LogP contribution in [0.25, 0.3) is 11.4 Å². The molecule has 4 rings (SSSR count). The molecule has 0 spiro atoms. The summed E-state index contributed by atoms with van der Waals surface area (Å²) in [4.78, 5) is 82.7. The van der Waals surface area contributed by atoms with E-state index in [9.17, 15) is 24.0 Å². The molecule has 2 aliphatic rings. The lowest BCUT2D eigenvalue weighted by Crippen LogP contribution is -2.58. The molecule has 0 unspecified atom stereocenters. The van der Waals surface area contributed by atoms with Crippen molar-refractivity contribution in [3.63, 3.8) is 0 Å². The van der Waals surface area contributed by atoms with Crippen molar-refractivity contribution < 1.29 is 47.5 Å². The van der Waals surface area contributed by atoms with Gasteiger partial charge in [-0.3, -0.25) is 23.7 Å². The molecule has 2 saturated heterocycles. The molecule has 19 heteroatoms. The molecule has 3 N–H and O–H groups in total. The lowest BCUT2D eigenvalue weighted by molar-refractivity contribution is -0.157. The number of hydrogen-bond acceptors (Lipinski definition) is 13. The molecular weight excluding hydrogens is 807 g/mol. The number of aromatic nitrogens is 2. The Bertz CT molecular complexity index is 1840. The van der Waals surface area contributed by atoms with Crippen LogP contribution in [0.3, 0.4) is 0 Å². The number of nitrogens with one attached hydrogen (secondary N) is 3. The van der Waals surface area contributed by atoms with E-state index in [0.29, 0.717) is 24.5 Å². The summed E-state index contributed by atoms with van der Waals surface area (Å²) < 4.78 is 37.3. The number of rotatable bonds is 17. The molecule has 0 radical (unpaired) electrons. The largest absolute Gasteiger partial charge is 0.459 e. The summed E-state index contributed by atoms with van der Waals surface area (Å²) in [7, 11) is -2.58. The van der Waals surface area contributed by atoms with Gasteiger partial charge in [-0.25, -0.2) is 24.9 Å². The molecule has 3 heterocycles. The fraction of sp³-hybridized carbons (Fsp3) is 0.643. The summed E-state index contributed by atoms with van der Waals surface area (Å²) in [5, 5.41) is 8.45. The van der Waals surface area contributed by atoms with Gasteiger partial charge in [-0.05, 0) is 68.2 Å². The van der Waals surface area contributed by atoms with Crippen LogP contribution in [0.2, 0.25) is 0 Å². The highest BCUT2D eigenvalue weighted by molar-refractivity contribution is 7.60. The van der Waals surface area contributed by atoms with Gasteiger partial charge >= 0.3 is 18.0 Å². The van der Waals surface area contributed by atoms with E-state index in [1.807, 2.05) is 42.2 Å².